The molecule has 0 heterocycles. The lowest BCUT2D eigenvalue weighted by Gasteiger charge is -2.06. The summed E-state index contributed by atoms with van der Waals surface area (Å²) in [5, 5.41) is 8.92. The zero-order valence-electron chi connectivity index (χ0n) is 13.6. The summed E-state index contributed by atoms with van der Waals surface area (Å²) in [6.45, 7) is -6.50. The van der Waals surface area contributed by atoms with Gasteiger partial charge >= 0.3 is 5.97 Å². The van der Waals surface area contributed by atoms with Gasteiger partial charge in [-0.05, 0) is 18.5 Å². The van der Waals surface area contributed by atoms with Crippen molar-refractivity contribution in [1.82, 2.24) is 0 Å². The van der Waals surface area contributed by atoms with E-state index in [1.165, 1.54) is 12.1 Å². The summed E-state index contributed by atoms with van der Waals surface area (Å²) >= 11 is 0. The van der Waals surface area contributed by atoms with Crippen molar-refractivity contribution >= 4 is 5.97 Å². The first kappa shape index (κ1) is 3.70. The molecule has 0 aliphatic carbocycles. The Hall–Kier alpha value is -1.51. The molecule has 1 aromatic rings. The lowest BCUT2D eigenvalue weighted by molar-refractivity contribution is 0.0692. The largest absolute Gasteiger partial charge is 0.493 e. The van der Waals surface area contributed by atoms with E-state index in [1.54, 1.807) is 0 Å². The fourth-order valence-corrected chi connectivity index (χ4v) is 0.813. The van der Waals surface area contributed by atoms with E-state index in [9.17, 15) is 4.79 Å². The lowest BCUT2D eigenvalue weighted by Crippen LogP contribution is -2.03. The molecule has 0 saturated carbocycles. The lowest BCUT2D eigenvalue weighted by atomic mass is 10.2. The van der Waals surface area contributed by atoms with E-state index in [-0.39, 0.29) is 0 Å². The number of carboxylic acid groups (broad SMARTS) is 1. The predicted octanol–water partition coefficient (Wildman–Crippen LogP) is 2.17. The van der Waals surface area contributed by atoms with E-state index in [0.29, 0.717) is 0 Å². The summed E-state index contributed by atoms with van der Waals surface area (Å²) in [4.78, 5) is 10.9. The van der Waals surface area contributed by atoms with Gasteiger partial charge in [0.2, 0.25) is 0 Å². The molecule has 0 fully saturated rings. The molecule has 1 N–H and O–H groups in total. The highest BCUT2D eigenvalue weighted by Crippen LogP contribution is 2.17. The van der Waals surface area contributed by atoms with Gasteiger partial charge in [-0.25, -0.2) is 4.79 Å². The van der Waals surface area contributed by atoms with Gasteiger partial charge in [-0.1, -0.05) is 19.0 Å². The Kier molecular flexibility index (Phi) is 1.28. The number of carboxylic acids is 1. The van der Waals surface area contributed by atoms with E-state index in [4.69, 9.17) is 19.4 Å². The molecule has 3 heteroatoms. The smallest absolute Gasteiger partial charge is 0.339 e. The van der Waals surface area contributed by atoms with Gasteiger partial charge in [0.15, 0.2) is 0 Å². The van der Waals surface area contributed by atoms with E-state index in [0.717, 1.165) is 12.1 Å². The van der Waals surface area contributed by atoms with Gasteiger partial charge in [0, 0.05) is 6.85 Å². The molecule has 0 amide bonds. The molecule has 3 nitrogen and oxygen atoms in total. The van der Waals surface area contributed by atoms with Crippen LogP contribution in [0.3, 0.4) is 0 Å². The highest BCUT2D eigenvalue weighted by Gasteiger charge is 2.08. The summed E-state index contributed by atoms with van der Waals surface area (Å²) in [7, 11) is 0. The van der Waals surface area contributed by atoms with Crippen LogP contribution in [0.4, 0.5) is 0 Å². The number of rotatable bonds is 4. The van der Waals surface area contributed by atoms with Crippen molar-refractivity contribution in [1.29, 1.82) is 0 Å². The predicted molar refractivity (Wildman–Crippen MR) is 49.2 cm³/mol. The maximum Gasteiger partial charge on any atom is 0.339 e. The minimum absolute atomic E-state index is 0.391. The number of hydrogen-bond acceptors (Lipinski definition) is 2. The third kappa shape index (κ3) is 2.47. The van der Waals surface area contributed by atoms with Crippen molar-refractivity contribution in [2.75, 3.05) is 6.56 Å². The number of benzene rings is 1. The molecule has 0 aliphatic heterocycles. The molecule has 0 unspecified atom stereocenters. The second-order valence-corrected chi connectivity index (χ2v) is 2.13. The summed E-state index contributed by atoms with van der Waals surface area (Å²) in [5.74, 6) is -1.84. The minimum atomic E-state index is -3.31. The van der Waals surface area contributed by atoms with Crippen molar-refractivity contribution in [2.24, 2.45) is 0 Å². The molecule has 13 heavy (non-hydrogen) atoms. The quantitative estimate of drug-likeness (QED) is 0.785. The number of carbonyl (C=O) groups is 1. The van der Waals surface area contributed by atoms with Crippen molar-refractivity contribution in [3.63, 3.8) is 0 Å². The van der Waals surface area contributed by atoms with Crippen molar-refractivity contribution in [2.45, 2.75) is 13.2 Å². The Labute approximate surface area is 86.8 Å². The molecule has 1 aromatic carbocycles. The first-order valence-electron chi connectivity index (χ1n) is 6.91. The van der Waals surface area contributed by atoms with Gasteiger partial charge in [-0.15, -0.1) is 0 Å². The van der Waals surface area contributed by atoms with Crippen LogP contribution in [0.5, 0.6) is 5.75 Å². The van der Waals surface area contributed by atoms with Gasteiger partial charge in [0.05, 0.1) is 9.30 Å². The Morgan fingerprint density at radius 1 is 1.69 bits per heavy atom. The van der Waals surface area contributed by atoms with Crippen molar-refractivity contribution in [3.05, 3.63) is 29.8 Å². The van der Waals surface area contributed by atoms with Gasteiger partial charge < -0.3 is 9.84 Å². The van der Waals surface area contributed by atoms with E-state index >= 15 is 0 Å². The second kappa shape index (κ2) is 4.50. The normalized spacial score (nSPS) is 20.8. The molecule has 0 aliphatic rings. The average Bonchev–Trinajstić information content (AvgIpc) is 2.27. The van der Waals surface area contributed by atoms with Gasteiger partial charge in [-0.2, -0.15) is 0 Å². The fourth-order valence-electron chi connectivity index (χ4n) is 0.813. The highest BCUT2D eigenvalue weighted by atomic mass is 16.5. The van der Waals surface area contributed by atoms with Gasteiger partial charge in [-0.3, -0.25) is 0 Å². The zero-order valence-corrected chi connectivity index (χ0v) is 6.57. The monoisotopic (exact) mass is 187 g/mol. The molecule has 0 bridgehead atoms. The standard InChI is InChI=1S/C10H12O3/c1-2-7-13-9-6-4-3-5-8(9)10(11)12/h3-6H,2,7H2,1H3,(H,11,12)/i1D3,2D2,7D2. The van der Waals surface area contributed by atoms with E-state index in [2.05, 4.69) is 0 Å². The van der Waals surface area contributed by atoms with Crippen LogP contribution in [0.2, 0.25) is 0 Å². The van der Waals surface area contributed by atoms with Crippen molar-refractivity contribution in [3.8, 4) is 5.75 Å². The van der Waals surface area contributed by atoms with Crippen LogP contribution < -0.4 is 4.74 Å². The number of aromatic carboxylic acids is 1. The Balaban J connectivity index is 3.18. The maximum atomic E-state index is 10.9. The summed E-state index contributed by atoms with van der Waals surface area (Å²) < 4.78 is 55.4. The topological polar surface area (TPSA) is 46.5 Å². The Morgan fingerprint density at radius 2 is 2.46 bits per heavy atom. The van der Waals surface area contributed by atoms with Crippen LogP contribution in [-0.2, 0) is 0 Å². The van der Waals surface area contributed by atoms with Gasteiger partial charge in [0.25, 0.3) is 0 Å². The molecule has 1 rings (SSSR count). The maximum absolute atomic E-state index is 10.9. The third-order valence-corrected chi connectivity index (χ3v) is 1.33. The first-order valence-corrected chi connectivity index (χ1v) is 3.41. The first-order chi connectivity index (χ1) is 8.90. The molecule has 0 radical (unpaired) electrons. The summed E-state index contributed by atoms with van der Waals surface area (Å²) in [5.41, 5.74) is -0.391. The second-order valence-electron chi connectivity index (χ2n) is 2.13. The SMILES string of the molecule is [2H]C([2H])([2H])C([2H])([2H])C([2H])([2H])Oc1ccccc1C(=O)O. The fraction of sp³-hybridized carbons (Fsp3) is 0.300. The average molecular weight is 187 g/mol. The molecular formula is C10H12O3. The summed E-state index contributed by atoms with van der Waals surface area (Å²) in [6.07, 6.45) is -3.31. The summed E-state index contributed by atoms with van der Waals surface area (Å²) in [6, 6.07) is 5.00. The van der Waals surface area contributed by atoms with Crippen molar-refractivity contribution < 1.29 is 24.2 Å². The van der Waals surface area contributed by atoms with Crippen LogP contribution in [0.15, 0.2) is 24.3 Å². The highest BCUT2D eigenvalue weighted by molar-refractivity contribution is 5.90. The molecule has 70 valence electrons. The van der Waals surface area contributed by atoms with Crippen LogP contribution in [-0.4, -0.2) is 17.6 Å². The van der Waals surface area contributed by atoms with Crippen LogP contribution >= 0.6 is 0 Å². The Bertz CT molecular complexity index is 510. The third-order valence-electron chi connectivity index (χ3n) is 1.33. The number of hydrogen-bond donors (Lipinski definition) is 1. The van der Waals surface area contributed by atoms with Crippen LogP contribution in [0.25, 0.3) is 0 Å². The molecule has 0 spiro atoms. The van der Waals surface area contributed by atoms with Crippen LogP contribution in [0, 0.1) is 0 Å². The number of para-hydroxylation sites is 1. The van der Waals surface area contributed by atoms with E-state index in [1.807, 2.05) is 0 Å². The molecule has 0 aromatic heterocycles. The van der Waals surface area contributed by atoms with Gasteiger partial charge in [0.1, 0.15) is 11.3 Å². The Morgan fingerprint density at radius 3 is 3.15 bits per heavy atom. The molecule has 0 saturated heterocycles. The minimum Gasteiger partial charge on any atom is -0.493 e. The molecular weight excluding hydrogens is 168 g/mol. The number of ether oxygens (including phenoxy) is 1. The zero-order chi connectivity index (χ0) is 15.8. The van der Waals surface area contributed by atoms with E-state index < -0.39 is 37.1 Å². The molecule has 0 atom stereocenters. The van der Waals surface area contributed by atoms with Crippen LogP contribution in [0.1, 0.15) is 33.2 Å².